The Morgan fingerprint density at radius 1 is 1.41 bits per heavy atom. The van der Waals surface area contributed by atoms with Gasteiger partial charge in [0.1, 0.15) is 0 Å². The van der Waals surface area contributed by atoms with Crippen molar-refractivity contribution < 1.29 is 0 Å². The predicted molar refractivity (Wildman–Crippen MR) is 74.5 cm³/mol. The molecule has 0 saturated heterocycles. The second kappa shape index (κ2) is 6.50. The summed E-state index contributed by atoms with van der Waals surface area (Å²) >= 11 is 1.84. The maximum absolute atomic E-state index is 5.64. The average molecular weight is 252 g/mol. The van der Waals surface area contributed by atoms with Gasteiger partial charge in [-0.1, -0.05) is 26.2 Å². The van der Waals surface area contributed by atoms with Crippen LogP contribution in [0, 0.1) is 5.92 Å². The van der Waals surface area contributed by atoms with Gasteiger partial charge in [0.25, 0.3) is 0 Å². The Morgan fingerprint density at radius 2 is 2.18 bits per heavy atom. The van der Waals surface area contributed by atoms with Crippen LogP contribution in [0.15, 0.2) is 5.38 Å². The molecule has 1 aliphatic rings. The van der Waals surface area contributed by atoms with Crippen molar-refractivity contribution in [2.75, 3.05) is 6.54 Å². The number of aryl methyl sites for hydroxylation is 1. The molecule has 2 nitrogen and oxygen atoms in total. The molecule has 17 heavy (non-hydrogen) atoms. The van der Waals surface area contributed by atoms with Crippen molar-refractivity contribution in [2.45, 2.75) is 57.8 Å². The lowest BCUT2D eigenvalue weighted by Gasteiger charge is -2.19. The van der Waals surface area contributed by atoms with Crippen LogP contribution in [0.25, 0.3) is 0 Å². The van der Waals surface area contributed by atoms with E-state index in [1.54, 1.807) is 0 Å². The molecule has 1 heterocycles. The highest BCUT2D eigenvalue weighted by Gasteiger charge is 2.18. The Labute approximate surface area is 109 Å². The maximum atomic E-state index is 5.64. The molecule has 1 aromatic heterocycles. The van der Waals surface area contributed by atoms with Crippen LogP contribution in [0.5, 0.6) is 0 Å². The lowest BCUT2D eigenvalue weighted by Crippen LogP contribution is -2.11. The molecule has 1 saturated carbocycles. The predicted octanol–water partition coefficient (Wildman–Crippen LogP) is 3.72. The third kappa shape index (κ3) is 3.78. The third-order valence-corrected chi connectivity index (χ3v) is 4.77. The molecule has 0 aliphatic heterocycles. The van der Waals surface area contributed by atoms with Gasteiger partial charge in [-0.25, -0.2) is 4.98 Å². The van der Waals surface area contributed by atoms with Crippen LogP contribution in [0.2, 0.25) is 0 Å². The second-order valence-electron chi connectivity index (χ2n) is 5.38. The molecule has 96 valence electrons. The fourth-order valence-electron chi connectivity index (χ4n) is 2.51. The van der Waals surface area contributed by atoms with Crippen LogP contribution >= 0.6 is 11.3 Å². The van der Waals surface area contributed by atoms with Crippen molar-refractivity contribution in [3.8, 4) is 0 Å². The van der Waals surface area contributed by atoms with E-state index < -0.39 is 0 Å². The van der Waals surface area contributed by atoms with Gasteiger partial charge in [-0.05, 0) is 38.1 Å². The van der Waals surface area contributed by atoms with Crippen LogP contribution in [0.4, 0.5) is 0 Å². The first kappa shape index (κ1) is 13.0. The number of aromatic nitrogens is 1. The van der Waals surface area contributed by atoms with Crippen LogP contribution < -0.4 is 5.73 Å². The topological polar surface area (TPSA) is 38.9 Å². The minimum absolute atomic E-state index is 0.622. The SMILES string of the molecule is CC(CN)CCc1nc(C2CCCCC2)cs1. The monoisotopic (exact) mass is 252 g/mol. The number of thiazole rings is 1. The number of nitrogens with two attached hydrogens (primary N) is 1. The van der Waals surface area contributed by atoms with E-state index in [9.17, 15) is 0 Å². The van der Waals surface area contributed by atoms with Gasteiger partial charge >= 0.3 is 0 Å². The lowest BCUT2D eigenvalue weighted by molar-refractivity contribution is 0.437. The first-order valence-electron chi connectivity index (χ1n) is 6.94. The van der Waals surface area contributed by atoms with E-state index in [1.165, 1.54) is 49.2 Å². The summed E-state index contributed by atoms with van der Waals surface area (Å²) < 4.78 is 0. The zero-order chi connectivity index (χ0) is 12.1. The zero-order valence-corrected chi connectivity index (χ0v) is 11.6. The number of hydrogen-bond acceptors (Lipinski definition) is 3. The van der Waals surface area contributed by atoms with Crippen molar-refractivity contribution in [2.24, 2.45) is 11.7 Å². The van der Waals surface area contributed by atoms with Crippen molar-refractivity contribution in [1.82, 2.24) is 4.98 Å². The number of hydrogen-bond donors (Lipinski definition) is 1. The zero-order valence-electron chi connectivity index (χ0n) is 10.8. The van der Waals surface area contributed by atoms with Crippen molar-refractivity contribution in [1.29, 1.82) is 0 Å². The van der Waals surface area contributed by atoms with E-state index in [1.807, 2.05) is 11.3 Å². The van der Waals surface area contributed by atoms with Crippen LogP contribution in [-0.2, 0) is 6.42 Å². The van der Waals surface area contributed by atoms with E-state index in [0.717, 1.165) is 18.9 Å². The highest BCUT2D eigenvalue weighted by molar-refractivity contribution is 7.09. The Balaban J connectivity index is 1.86. The first-order chi connectivity index (χ1) is 8.29. The fraction of sp³-hybridized carbons (Fsp3) is 0.786. The van der Waals surface area contributed by atoms with Crippen molar-refractivity contribution in [3.63, 3.8) is 0 Å². The molecule has 0 aromatic carbocycles. The molecule has 1 aliphatic carbocycles. The van der Waals surface area contributed by atoms with Gasteiger partial charge in [0.15, 0.2) is 0 Å². The van der Waals surface area contributed by atoms with Gasteiger partial charge in [-0.2, -0.15) is 0 Å². The number of rotatable bonds is 5. The maximum Gasteiger partial charge on any atom is 0.0928 e. The molecule has 3 heteroatoms. The lowest BCUT2D eigenvalue weighted by atomic mass is 9.87. The van der Waals surface area contributed by atoms with E-state index >= 15 is 0 Å². The Bertz CT molecular complexity index is 329. The van der Waals surface area contributed by atoms with Crippen molar-refractivity contribution in [3.05, 3.63) is 16.1 Å². The molecule has 1 aromatic rings. The van der Waals surface area contributed by atoms with Gasteiger partial charge in [0, 0.05) is 11.3 Å². The number of nitrogens with zero attached hydrogens (tertiary/aromatic N) is 1. The molecule has 2 N–H and O–H groups in total. The molecule has 0 amide bonds. The molecule has 0 bridgehead atoms. The minimum Gasteiger partial charge on any atom is -0.330 e. The van der Waals surface area contributed by atoms with Crippen LogP contribution in [-0.4, -0.2) is 11.5 Å². The molecule has 1 unspecified atom stereocenters. The minimum atomic E-state index is 0.622. The van der Waals surface area contributed by atoms with Gasteiger partial charge in [-0.3, -0.25) is 0 Å². The van der Waals surface area contributed by atoms with E-state index in [4.69, 9.17) is 10.7 Å². The fourth-order valence-corrected chi connectivity index (χ4v) is 3.41. The Morgan fingerprint density at radius 3 is 2.88 bits per heavy atom. The highest BCUT2D eigenvalue weighted by atomic mass is 32.1. The average Bonchev–Trinajstić information content (AvgIpc) is 2.86. The summed E-state index contributed by atoms with van der Waals surface area (Å²) in [5.74, 6) is 1.37. The van der Waals surface area contributed by atoms with Gasteiger partial charge in [0.05, 0.1) is 10.7 Å². The standard InChI is InChI=1S/C14H24N2S/c1-11(9-15)7-8-14-16-13(10-17-14)12-5-3-2-4-6-12/h10-12H,2-9,15H2,1H3. The summed E-state index contributed by atoms with van der Waals surface area (Å²) in [5, 5.41) is 3.60. The molecular weight excluding hydrogens is 228 g/mol. The van der Waals surface area contributed by atoms with Crippen LogP contribution in [0.1, 0.15) is 62.1 Å². The summed E-state index contributed by atoms with van der Waals surface area (Å²) in [6, 6.07) is 0. The summed E-state index contributed by atoms with van der Waals surface area (Å²) in [4.78, 5) is 4.82. The quantitative estimate of drug-likeness (QED) is 0.867. The normalized spacial score (nSPS) is 19.4. The highest BCUT2D eigenvalue weighted by Crippen LogP contribution is 2.33. The van der Waals surface area contributed by atoms with Gasteiger partial charge < -0.3 is 5.73 Å². The largest absolute Gasteiger partial charge is 0.330 e. The van der Waals surface area contributed by atoms with E-state index in [0.29, 0.717) is 5.92 Å². The first-order valence-corrected chi connectivity index (χ1v) is 7.82. The van der Waals surface area contributed by atoms with Gasteiger partial charge in [-0.15, -0.1) is 11.3 Å². The van der Waals surface area contributed by atoms with E-state index in [2.05, 4.69) is 12.3 Å². The molecule has 2 rings (SSSR count). The summed E-state index contributed by atoms with van der Waals surface area (Å²) in [7, 11) is 0. The van der Waals surface area contributed by atoms with Crippen LogP contribution in [0.3, 0.4) is 0 Å². The molecule has 1 fully saturated rings. The Kier molecular flexibility index (Phi) is 4.99. The molecular formula is C14H24N2S. The van der Waals surface area contributed by atoms with Gasteiger partial charge in [0.2, 0.25) is 0 Å². The second-order valence-corrected chi connectivity index (χ2v) is 6.32. The molecule has 0 radical (unpaired) electrons. The third-order valence-electron chi connectivity index (χ3n) is 3.85. The Hall–Kier alpha value is -0.410. The van der Waals surface area contributed by atoms with E-state index in [-0.39, 0.29) is 0 Å². The molecule has 0 spiro atoms. The summed E-state index contributed by atoms with van der Waals surface area (Å²) in [6.07, 6.45) is 9.18. The smallest absolute Gasteiger partial charge is 0.0928 e. The summed E-state index contributed by atoms with van der Waals surface area (Å²) in [5.41, 5.74) is 7.01. The summed E-state index contributed by atoms with van der Waals surface area (Å²) in [6.45, 7) is 3.01. The molecule has 1 atom stereocenters. The van der Waals surface area contributed by atoms with Crippen molar-refractivity contribution >= 4 is 11.3 Å².